The lowest BCUT2D eigenvalue weighted by atomic mass is 9.80. The molecule has 1 aromatic rings. The molecule has 0 bridgehead atoms. The average molecular weight is 267 g/mol. The molecule has 1 aliphatic rings. The summed E-state index contributed by atoms with van der Waals surface area (Å²) in [5.41, 5.74) is 0.767. The molecule has 106 valence electrons. The Labute approximate surface area is 114 Å². The maximum atomic E-state index is 14.3. The van der Waals surface area contributed by atoms with E-state index in [2.05, 4.69) is 5.32 Å². The lowest BCUT2D eigenvalue weighted by molar-refractivity contribution is 0.264. The second-order valence-corrected chi connectivity index (χ2v) is 5.53. The van der Waals surface area contributed by atoms with Gasteiger partial charge < -0.3 is 5.32 Å². The highest BCUT2D eigenvalue weighted by Gasteiger charge is 2.29. The first-order chi connectivity index (χ1) is 9.15. The number of nitrogens with one attached hydrogen (secondary N) is 1. The Kier molecular flexibility index (Phi) is 4.92. The third-order valence-corrected chi connectivity index (χ3v) is 4.18. The van der Waals surface area contributed by atoms with E-state index in [0.29, 0.717) is 11.5 Å². The number of halogens is 2. The average Bonchev–Trinajstić information content (AvgIpc) is 2.43. The van der Waals surface area contributed by atoms with Crippen LogP contribution >= 0.6 is 0 Å². The molecule has 19 heavy (non-hydrogen) atoms. The van der Waals surface area contributed by atoms with Gasteiger partial charge in [-0.05, 0) is 43.9 Å². The van der Waals surface area contributed by atoms with Crippen LogP contribution in [0, 0.1) is 24.5 Å². The first kappa shape index (κ1) is 14.4. The van der Waals surface area contributed by atoms with Crippen molar-refractivity contribution in [3.63, 3.8) is 0 Å². The van der Waals surface area contributed by atoms with Crippen LogP contribution < -0.4 is 5.32 Å². The summed E-state index contributed by atoms with van der Waals surface area (Å²) in [5, 5.41) is 3.30. The van der Waals surface area contributed by atoms with Crippen LogP contribution in [0.15, 0.2) is 12.1 Å². The molecule has 0 heterocycles. The van der Waals surface area contributed by atoms with Crippen molar-refractivity contribution in [1.29, 1.82) is 0 Å². The van der Waals surface area contributed by atoms with Gasteiger partial charge in [-0.3, -0.25) is 0 Å². The van der Waals surface area contributed by atoms with Crippen molar-refractivity contribution < 1.29 is 8.78 Å². The van der Waals surface area contributed by atoms with Gasteiger partial charge in [-0.25, -0.2) is 8.78 Å². The lowest BCUT2D eigenvalue weighted by Gasteiger charge is -2.32. The molecule has 1 saturated carbocycles. The van der Waals surface area contributed by atoms with Crippen LogP contribution in [0.1, 0.15) is 56.2 Å². The van der Waals surface area contributed by atoms with Crippen molar-refractivity contribution in [2.24, 2.45) is 5.92 Å². The van der Waals surface area contributed by atoms with Crippen LogP contribution in [0.5, 0.6) is 0 Å². The van der Waals surface area contributed by atoms with Crippen molar-refractivity contribution in [3.05, 3.63) is 34.9 Å². The van der Waals surface area contributed by atoms with Gasteiger partial charge in [0.25, 0.3) is 0 Å². The molecule has 1 atom stereocenters. The first-order valence-electron chi connectivity index (χ1n) is 7.33. The van der Waals surface area contributed by atoms with Crippen molar-refractivity contribution in [2.45, 2.75) is 52.0 Å². The van der Waals surface area contributed by atoms with Gasteiger partial charge in [-0.15, -0.1) is 0 Å². The molecule has 1 unspecified atom stereocenters. The number of hydrogen-bond donors (Lipinski definition) is 1. The van der Waals surface area contributed by atoms with E-state index in [1.165, 1.54) is 31.4 Å². The van der Waals surface area contributed by atoms with Crippen molar-refractivity contribution >= 4 is 0 Å². The highest BCUT2D eigenvalue weighted by Crippen LogP contribution is 2.36. The first-order valence-corrected chi connectivity index (χ1v) is 7.33. The molecule has 0 amide bonds. The number of hydrogen-bond acceptors (Lipinski definition) is 1. The molecule has 1 aromatic carbocycles. The lowest BCUT2D eigenvalue weighted by Crippen LogP contribution is -2.31. The fourth-order valence-corrected chi connectivity index (χ4v) is 3.16. The summed E-state index contributed by atoms with van der Waals surface area (Å²) in [6.07, 6.45) is 5.70. The second kappa shape index (κ2) is 6.47. The van der Waals surface area contributed by atoms with Gasteiger partial charge >= 0.3 is 0 Å². The Morgan fingerprint density at radius 1 is 1.21 bits per heavy atom. The molecule has 1 fully saturated rings. The van der Waals surface area contributed by atoms with Crippen LogP contribution in [0.2, 0.25) is 0 Å². The Morgan fingerprint density at radius 2 is 1.89 bits per heavy atom. The number of aryl methyl sites for hydroxylation is 1. The third-order valence-electron chi connectivity index (χ3n) is 4.18. The largest absolute Gasteiger partial charge is 0.310 e. The topological polar surface area (TPSA) is 12.0 Å². The van der Waals surface area contributed by atoms with Crippen LogP contribution in [0.4, 0.5) is 8.78 Å². The van der Waals surface area contributed by atoms with E-state index in [1.807, 2.05) is 6.92 Å². The molecule has 2 rings (SSSR count). The van der Waals surface area contributed by atoms with Crippen LogP contribution in [-0.4, -0.2) is 6.54 Å². The third kappa shape index (κ3) is 3.14. The van der Waals surface area contributed by atoms with E-state index >= 15 is 0 Å². The minimum atomic E-state index is -0.417. The van der Waals surface area contributed by atoms with Crippen molar-refractivity contribution in [1.82, 2.24) is 5.32 Å². The summed E-state index contributed by atoms with van der Waals surface area (Å²) >= 11 is 0. The fraction of sp³-hybridized carbons (Fsp3) is 0.625. The Balaban J connectivity index is 2.35. The zero-order chi connectivity index (χ0) is 13.8. The fourth-order valence-electron chi connectivity index (χ4n) is 3.16. The maximum absolute atomic E-state index is 14.3. The van der Waals surface area contributed by atoms with Gasteiger partial charge in [-0.2, -0.15) is 0 Å². The predicted molar refractivity (Wildman–Crippen MR) is 74.1 cm³/mol. The molecule has 1 aliphatic carbocycles. The van der Waals surface area contributed by atoms with E-state index in [4.69, 9.17) is 0 Å². The summed E-state index contributed by atoms with van der Waals surface area (Å²) in [4.78, 5) is 0. The highest BCUT2D eigenvalue weighted by atomic mass is 19.1. The van der Waals surface area contributed by atoms with Crippen LogP contribution in [0.3, 0.4) is 0 Å². The van der Waals surface area contributed by atoms with Gasteiger partial charge in [0, 0.05) is 11.6 Å². The summed E-state index contributed by atoms with van der Waals surface area (Å²) in [6.45, 7) is 4.41. The summed E-state index contributed by atoms with van der Waals surface area (Å²) in [5.74, 6) is -0.448. The van der Waals surface area contributed by atoms with Crippen LogP contribution in [-0.2, 0) is 0 Å². The molecule has 1 N–H and O–H groups in total. The Hall–Kier alpha value is -0.960. The molecule has 0 spiro atoms. The number of benzene rings is 1. The number of rotatable bonds is 4. The second-order valence-electron chi connectivity index (χ2n) is 5.53. The Morgan fingerprint density at radius 3 is 2.53 bits per heavy atom. The summed E-state index contributed by atoms with van der Waals surface area (Å²) in [6, 6.07) is 2.71. The van der Waals surface area contributed by atoms with Gasteiger partial charge in [0.1, 0.15) is 11.6 Å². The Bertz CT molecular complexity index is 425. The van der Waals surface area contributed by atoms with Gasteiger partial charge in [0.05, 0.1) is 0 Å². The van der Waals surface area contributed by atoms with Gasteiger partial charge in [0.2, 0.25) is 0 Å². The van der Waals surface area contributed by atoms with Gasteiger partial charge in [0.15, 0.2) is 0 Å². The standard InChI is InChI=1S/C16H23F2N/c1-3-19-16(12-7-5-4-6-8-12)14-13(17)10-9-11(2)15(14)18/h9-10,12,16,19H,3-8H2,1-2H3. The summed E-state index contributed by atoms with van der Waals surface area (Å²) in [7, 11) is 0. The molecular formula is C16H23F2N. The van der Waals surface area contributed by atoms with Crippen LogP contribution in [0.25, 0.3) is 0 Å². The molecule has 0 aromatic heterocycles. The van der Waals surface area contributed by atoms with E-state index < -0.39 is 5.82 Å². The minimum Gasteiger partial charge on any atom is -0.310 e. The predicted octanol–water partition coefficient (Wildman–Crippen LogP) is 4.50. The summed E-state index contributed by atoms with van der Waals surface area (Å²) < 4.78 is 28.4. The van der Waals surface area contributed by atoms with Crippen molar-refractivity contribution in [3.8, 4) is 0 Å². The van der Waals surface area contributed by atoms with Gasteiger partial charge in [-0.1, -0.05) is 32.3 Å². The van der Waals surface area contributed by atoms with E-state index in [-0.39, 0.29) is 17.4 Å². The van der Waals surface area contributed by atoms with Crippen molar-refractivity contribution in [2.75, 3.05) is 6.54 Å². The highest BCUT2D eigenvalue weighted by molar-refractivity contribution is 5.30. The quantitative estimate of drug-likeness (QED) is 0.846. The smallest absolute Gasteiger partial charge is 0.133 e. The van der Waals surface area contributed by atoms with E-state index in [0.717, 1.165) is 19.4 Å². The van der Waals surface area contributed by atoms with E-state index in [9.17, 15) is 8.78 Å². The maximum Gasteiger partial charge on any atom is 0.133 e. The molecule has 0 aliphatic heterocycles. The zero-order valence-corrected chi connectivity index (χ0v) is 11.8. The van der Waals surface area contributed by atoms with E-state index in [1.54, 1.807) is 6.92 Å². The molecule has 1 nitrogen and oxygen atoms in total. The molecule has 0 radical (unpaired) electrons. The SMILES string of the molecule is CCNC(c1c(F)ccc(C)c1F)C1CCCCC1. The molecular weight excluding hydrogens is 244 g/mol. The minimum absolute atomic E-state index is 0.190. The monoisotopic (exact) mass is 267 g/mol. The normalized spacial score (nSPS) is 18.5. The zero-order valence-electron chi connectivity index (χ0n) is 11.8. The molecule has 3 heteroatoms. The molecule has 0 saturated heterocycles.